The number of ether oxygens (including phenoxy) is 3. The van der Waals surface area contributed by atoms with Crippen LogP contribution >= 0.6 is 23.4 Å². The number of H-pyrrole nitrogens is 1. The summed E-state index contributed by atoms with van der Waals surface area (Å²) in [6.07, 6.45) is 1.47. The Morgan fingerprint density at radius 2 is 2.12 bits per heavy atom. The van der Waals surface area contributed by atoms with Gasteiger partial charge in [0.1, 0.15) is 6.10 Å². The lowest BCUT2D eigenvalue weighted by molar-refractivity contribution is -0.162. The number of ketones is 1. The number of rotatable bonds is 10. The van der Waals surface area contributed by atoms with Gasteiger partial charge in [-0.2, -0.15) is 0 Å². The predicted octanol–water partition coefficient (Wildman–Crippen LogP) is 3.61. The Kier molecular flexibility index (Phi) is 7.30. The van der Waals surface area contributed by atoms with Gasteiger partial charge in [-0.3, -0.25) is 19.5 Å². The summed E-state index contributed by atoms with van der Waals surface area (Å²) in [6.45, 7) is 4.38. The van der Waals surface area contributed by atoms with Crippen LogP contribution in [0.25, 0.3) is 11.4 Å². The molecule has 2 aliphatic rings. The van der Waals surface area contributed by atoms with E-state index in [1.165, 1.54) is 6.92 Å². The fourth-order valence-electron chi connectivity index (χ4n) is 4.15. The van der Waals surface area contributed by atoms with Crippen LogP contribution in [0.5, 0.6) is 0 Å². The number of benzene rings is 1. The first-order chi connectivity index (χ1) is 16.3. The highest BCUT2D eigenvalue weighted by Gasteiger charge is 2.66. The largest absolute Gasteiger partial charge is 0.459 e. The molecular formula is C23H26ClN3O6S. The Morgan fingerprint density at radius 1 is 1.32 bits per heavy atom. The van der Waals surface area contributed by atoms with Crippen LogP contribution in [-0.2, 0) is 28.6 Å². The van der Waals surface area contributed by atoms with Crippen molar-refractivity contribution < 1.29 is 28.6 Å². The maximum Gasteiger partial charge on any atom is 0.324 e. The highest BCUT2D eigenvalue weighted by atomic mass is 35.5. The maximum absolute atomic E-state index is 13.0. The second-order valence-corrected chi connectivity index (χ2v) is 10.0. The van der Waals surface area contributed by atoms with Crippen LogP contribution in [0.4, 0.5) is 0 Å². The van der Waals surface area contributed by atoms with E-state index in [4.69, 9.17) is 25.8 Å². The molecule has 0 unspecified atom stereocenters. The van der Waals surface area contributed by atoms with E-state index in [1.54, 1.807) is 6.07 Å². The number of halogens is 1. The van der Waals surface area contributed by atoms with Crippen molar-refractivity contribution in [2.45, 2.75) is 56.4 Å². The van der Waals surface area contributed by atoms with Gasteiger partial charge < -0.3 is 14.2 Å². The number of nitrogens with one attached hydrogen (secondary N) is 1. The molecule has 0 amide bonds. The summed E-state index contributed by atoms with van der Waals surface area (Å²) in [7, 11) is 0. The summed E-state index contributed by atoms with van der Waals surface area (Å²) >= 11 is 7.31. The highest BCUT2D eigenvalue weighted by Crippen LogP contribution is 2.49. The zero-order chi connectivity index (χ0) is 24.3. The average molecular weight is 508 g/mol. The fourth-order valence-corrected chi connectivity index (χ4v) is 5.21. The lowest BCUT2D eigenvalue weighted by atomic mass is 9.77. The average Bonchev–Trinajstić information content (AvgIpc) is 3.47. The number of carbonyl (C=O) groups excluding carboxylic acids is 3. The fraction of sp³-hybridized carbons (Fsp3) is 0.522. The van der Waals surface area contributed by atoms with Gasteiger partial charge >= 0.3 is 11.9 Å². The SMILES string of the molecule is CCCCOC[C@H]1C[C@@]2(C[C@@](C)(C(=O)CSc3n[nH]c(-c4ccccc4Cl)n3)OC2=O)C(=O)O1. The summed E-state index contributed by atoms with van der Waals surface area (Å²) < 4.78 is 16.4. The summed E-state index contributed by atoms with van der Waals surface area (Å²) in [5, 5.41) is 7.82. The Balaban J connectivity index is 1.37. The van der Waals surface area contributed by atoms with Crippen LogP contribution in [0.3, 0.4) is 0 Å². The molecule has 2 aromatic rings. The standard InChI is InChI=1S/C23H26ClN3O6S/c1-3-4-9-31-11-14-10-23(19(29)32-14)13-22(2,33-20(23)30)17(28)12-34-21-25-18(26-27-21)15-7-5-6-8-16(15)24/h5-8,14H,3-4,9-13H2,1-2H3,(H,25,26,27)/t14-,22+,23-/m1/s1. The number of hydrogen-bond donors (Lipinski definition) is 1. The van der Waals surface area contributed by atoms with Gasteiger partial charge in [0, 0.05) is 25.0 Å². The summed E-state index contributed by atoms with van der Waals surface area (Å²) in [5.74, 6) is -1.24. The van der Waals surface area contributed by atoms with Crippen molar-refractivity contribution in [3.8, 4) is 11.4 Å². The smallest absolute Gasteiger partial charge is 0.324 e. The quantitative estimate of drug-likeness (QED) is 0.222. The number of unbranched alkanes of at least 4 members (excludes halogenated alkanes) is 1. The van der Waals surface area contributed by atoms with Crippen LogP contribution < -0.4 is 0 Å². The van der Waals surface area contributed by atoms with Crippen LogP contribution in [0.2, 0.25) is 5.02 Å². The van der Waals surface area contributed by atoms with Crippen molar-refractivity contribution in [3.05, 3.63) is 29.3 Å². The number of esters is 2. The first-order valence-corrected chi connectivity index (χ1v) is 12.5. The molecule has 11 heteroatoms. The van der Waals surface area contributed by atoms with Crippen molar-refractivity contribution in [2.75, 3.05) is 19.0 Å². The molecule has 2 saturated heterocycles. The zero-order valence-corrected chi connectivity index (χ0v) is 20.5. The molecule has 1 N–H and O–H groups in total. The van der Waals surface area contributed by atoms with E-state index in [0.29, 0.717) is 28.2 Å². The Labute approximate surface area is 206 Å². The highest BCUT2D eigenvalue weighted by molar-refractivity contribution is 7.99. The second kappa shape index (κ2) is 10.1. The van der Waals surface area contributed by atoms with Gasteiger partial charge in [-0.05, 0) is 25.5 Å². The van der Waals surface area contributed by atoms with Gasteiger partial charge in [0.25, 0.3) is 0 Å². The van der Waals surface area contributed by atoms with E-state index in [-0.39, 0.29) is 31.0 Å². The van der Waals surface area contributed by atoms with Gasteiger partial charge in [0.15, 0.2) is 22.6 Å². The number of Topliss-reactive ketones (excluding diaryl/α,β-unsaturated/α-hetero) is 1. The Morgan fingerprint density at radius 3 is 2.88 bits per heavy atom. The van der Waals surface area contributed by atoms with E-state index >= 15 is 0 Å². The third-order valence-electron chi connectivity index (χ3n) is 6.05. The van der Waals surface area contributed by atoms with Crippen molar-refractivity contribution in [1.29, 1.82) is 0 Å². The molecule has 9 nitrogen and oxygen atoms in total. The van der Waals surface area contributed by atoms with E-state index < -0.39 is 29.1 Å². The normalized spacial score (nSPS) is 26.1. The molecular weight excluding hydrogens is 482 g/mol. The van der Waals surface area contributed by atoms with Crippen molar-refractivity contribution in [2.24, 2.45) is 5.41 Å². The first kappa shape index (κ1) is 24.7. The zero-order valence-electron chi connectivity index (χ0n) is 19.0. The van der Waals surface area contributed by atoms with Crippen LogP contribution in [-0.4, -0.2) is 63.6 Å². The third kappa shape index (κ3) is 4.85. The number of aromatic nitrogens is 3. The van der Waals surface area contributed by atoms with Crippen molar-refractivity contribution >= 4 is 41.1 Å². The molecule has 1 spiro atoms. The van der Waals surface area contributed by atoms with Gasteiger partial charge in [-0.15, -0.1) is 5.10 Å². The van der Waals surface area contributed by atoms with Crippen LogP contribution in [0.1, 0.15) is 39.5 Å². The summed E-state index contributed by atoms with van der Waals surface area (Å²) in [6, 6.07) is 7.20. The minimum absolute atomic E-state index is 0.0295. The molecule has 0 aliphatic carbocycles. The van der Waals surface area contributed by atoms with E-state index in [9.17, 15) is 14.4 Å². The topological polar surface area (TPSA) is 120 Å². The molecule has 2 aliphatic heterocycles. The van der Waals surface area contributed by atoms with E-state index in [0.717, 1.165) is 24.6 Å². The second-order valence-electron chi connectivity index (χ2n) is 8.70. The van der Waals surface area contributed by atoms with Gasteiger partial charge in [0.05, 0.1) is 17.4 Å². The summed E-state index contributed by atoms with van der Waals surface area (Å²) in [5.41, 5.74) is -2.19. The van der Waals surface area contributed by atoms with Gasteiger partial charge in [-0.1, -0.05) is 48.8 Å². The van der Waals surface area contributed by atoms with Gasteiger partial charge in [-0.25, -0.2) is 4.98 Å². The maximum atomic E-state index is 13.0. The van der Waals surface area contributed by atoms with Crippen molar-refractivity contribution in [3.63, 3.8) is 0 Å². The lowest BCUT2D eigenvalue weighted by Crippen LogP contribution is -2.38. The molecule has 4 rings (SSSR count). The van der Waals surface area contributed by atoms with Gasteiger partial charge in [0.2, 0.25) is 5.16 Å². The lowest BCUT2D eigenvalue weighted by Gasteiger charge is -2.20. The monoisotopic (exact) mass is 507 g/mol. The molecule has 1 aromatic carbocycles. The summed E-state index contributed by atoms with van der Waals surface area (Å²) in [4.78, 5) is 42.8. The number of thioether (sulfide) groups is 1. The Bertz CT molecular complexity index is 1090. The number of aromatic amines is 1. The number of carbonyl (C=O) groups is 3. The molecule has 0 saturated carbocycles. The Hall–Kier alpha value is -2.43. The molecule has 1 aromatic heterocycles. The first-order valence-electron chi connectivity index (χ1n) is 11.1. The number of cyclic esters (lactones) is 2. The third-order valence-corrected chi connectivity index (χ3v) is 7.23. The minimum atomic E-state index is -1.46. The van der Waals surface area contributed by atoms with E-state index in [1.807, 2.05) is 18.2 Å². The molecule has 182 valence electrons. The minimum Gasteiger partial charge on any atom is -0.459 e. The number of nitrogens with zero attached hydrogens (tertiary/aromatic N) is 2. The van der Waals surface area contributed by atoms with Crippen molar-refractivity contribution in [1.82, 2.24) is 15.2 Å². The molecule has 0 bridgehead atoms. The molecule has 34 heavy (non-hydrogen) atoms. The van der Waals surface area contributed by atoms with Crippen LogP contribution in [0, 0.1) is 5.41 Å². The molecule has 0 radical (unpaired) electrons. The van der Waals surface area contributed by atoms with E-state index in [2.05, 4.69) is 22.1 Å². The molecule has 3 atom stereocenters. The molecule has 3 heterocycles. The van der Waals surface area contributed by atoms with Crippen LogP contribution in [0.15, 0.2) is 29.4 Å². The molecule has 2 fully saturated rings. The predicted molar refractivity (Wildman–Crippen MR) is 124 cm³/mol. The number of hydrogen-bond acceptors (Lipinski definition) is 9.